The molecule has 1 aromatic heterocycles. The zero-order valence-corrected chi connectivity index (χ0v) is 15.1. The fourth-order valence-corrected chi connectivity index (χ4v) is 2.71. The fraction of sp³-hybridized carbons (Fsp3) is 0.222. The lowest BCUT2D eigenvalue weighted by atomic mass is 10.0. The van der Waals surface area contributed by atoms with E-state index in [2.05, 4.69) is 5.16 Å². The van der Waals surface area contributed by atoms with Gasteiger partial charge in [-0.2, -0.15) is 0 Å². The van der Waals surface area contributed by atoms with Crippen molar-refractivity contribution in [3.8, 4) is 45.5 Å². The van der Waals surface area contributed by atoms with Gasteiger partial charge in [0.05, 0.1) is 28.4 Å². The van der Waals surface area contributed by atoms with Crippen LogP contribution < -0.4 is 23.9 Å². The monoisotopic (exact) mass is 376 g/mol. The standard InChI is InChI=1S/C18H17FN2O6/c1-23-13-6-5-10(7-12(13)19)16-17(21(22)27-20-16)11-8-14(24-2)18(26-4)15(9-11)25-3/h5-9H,1-4H3. The third-order valence-corrected chi connectivity index (χ3v) is 3.98. The molecular formula is C18H17FN2O6. The Labute approximate surface area is 154 Å². The zero-order valence-electron chi connectivity index (χ0n) is 15.1. The van der Waals surface area contributed by atoms with Gasteiger partial charge in [0.1, 0.15) is 0 Å². The fourth-order valence-electron chi connectivity index (χ4n) is 2.71. The van der Waals surface area contributed by atoms with E-state index < -0.39 is 5.82 Å². The number of methoxy groups -OCH3 is 4. The minimum atomic E-state index is -0.591. The first-order valence-corrected chi connectivity index (χ1v) is 7.78. The summed E-state index contributed by atoms with van der Waals surface area (Å²) in [5.74, 6) is 0.549. The second-order valence-electron chi connectivity index (χ2n) is 5.39. The average molecular weight is 376 g/mol. The third-order valence-electron chi connectivity index (χ3n) is 3.98. The van der Waals surface area contributed by atoms with E-state index in [-0.39, 0.29) is 22.0 Å². The van der Waals surface area contributed by atoms with Crippen LogP contribution in [0.4, 0.5) is 4.39 Å². The Morgan fingerprint density at radius 1 is 0.889 bits per heavy atom. The first kappa shape index (κ1) is 18.3. The molecule has 0 fully saturated rings. The first-order valence-electron chi connectivity index (χ1n) is 7.78. The zero-order chi connectivity index (χ0) is 19.6. The molecule has 0 saturated carbocycles. The summed E-state index contributed by atoms with van der Waals surface area (Å²) in [5.41, 5.74) is 0.960. The van der Waals surface area contributed by atoms with Crippen molar-refractivity contribution >= 4 is 0 Å². The van der Waals surface area contributed by atoms with E-state index in [0.717, 1.165) is 0 Å². The van der Waals surface area contributed by atoms with Crippen LogP contribution in [0.2, 0.25) is 0 Å². The van der Waals surface area contributed by atoms with Crippen molar-refractivity contribution in [1.29, 1.82) is 0 Å². The predicted octanol–water partition coefficient (Wildman–Crippen LogP) is 2.82. The molecule has 3 rings (SSSR count). The summed E-state index contributed by atoms with van der Waals surface area (Å²) in [7, 11) is 5.75. The molecule has 0 N–H and O–H groups in total. The number of ether oxygens (including phenoxy) is 4. The Bertz CT molecular complexity index is 947. The van der Waals surface area contributed by atoms with Crippen molar-refractivity contribution in [1.82, 2.24) is 5.16 Å². The Hall–Kier alpha value is -3.49. The van der Waals surface area contributed by atoms with Gasteiger partial charge in [-0.05, 0) is 35.2 Å². The molecule has 8 nitrogen and oxygen atoms in total. The van der Waals surface area contributed by atoms with E-state index >= 15 is 0 Å². The molecule has 2 aromatic carbocycles. The smallest absolute Gasteiger partial charge is 0.256 e. The van der Waals surface area contributed by atoms with Gasteiger partial charge >= 0.3 is 0 Å². The molecule has 0 atom stereocenters. The summed E-state index contributed by atoms with van der Waals surface area (Å²) in [6, 6.07) is 7.37. The van der Waals surface area contributed by atoms with Crippen LogP contribution in [0.15, 0.2) is 35.0 Å². The Kier molecular flexibility index (Phi) is 5.02. The maximum absolute atomic E-state index is 14.1. The summed E-state index contributed by atoms with van der Waals surface area (Å²) < 4.78 is 39.6. The van der Waals surface area contributed by atoms with Gasteiger partial charge in [0, 0.05) is 16.3 Å². The van der Waals surface area contributed by atoms with Gasteiger partial charge in [-0.3, -0.25) is 4.63 Å². The lowest BCUT2D eigenvalue weighted by Gasteiger charge is -2.13. The van der Waals surface area contributed by atoms with Crippen molar-refractivity contribution < 1.29 is 32.9 Å². The lowest BCUT2D eigenvalue weighted by Crippen LogP contribution is -2.25. The summed E-state index contributed by atoms with van der Waals surface area (Å²) in [4.78, 5) is 0.234. The van der Waals surface area contributed by atoms with Gasteiger partial charge < -0.3 is 24.2 Å². The van der Waals surface area contributed by atoms with Crippen molar-refractivity contribution in [2.24, 2.45) is 0 Å². The Morgan fingerprint density at radius 2 is 1.52 bits per heavy atom. The minimum absolute atomic E-state index is 0.0684. The molecule has 0 radical (unpaired) electrons. The van der Waals surface area contributed by atoms with Gasteiger partial charge in [0.15, 0.2) is 23.1 Å². The van der Waals surface area contributed by atoms with Crippen LogP contribution in [0, 0.1) is 11.0 Å². The number of aromatic nitrogens is 2. The highest BCUT2D eigenvalue weighted by atomic mass is 19.1. The van der Waals surface area contributed by atoms with Crippen molar-refractivity contribution in [2.75, 3.05) is 28.4 Å². The number of hydrogen-bond donors (Lipinski definition) is 0. The second kappa shape index (κ2) is 7.40. The molecule has 0 aliphatic heterocycles. The van der Waals surface area contributed by atoms with Crippen LogP contribution in [0.25, 0.3) is 22.5 Å². The van der Waals surface area contributed by atoms with Crippen molar-refractivity contribution in [3.05, 3.63) is 41.4 Å². The van der Waals surface area contributed by atoms with E-state index in [1.165, 1.54) is 40.6 Å². The number of rotatable bonds is 6. The number of halogens is 1. The number of benzene rings is 2. The van der Waals surface area contributed by atoms with Gasteiger partial charge in [-0.1, -0.05) is 0 Å². The molecule has 0 amide bonds. The van der Waals surface area contributed by atoms with Gasteiger partial charge in [0.25, 0.3) is 5.69 Å². The van der Waals surface area contributed by atoms with E-state index in [4.69, 9.17) is 23.6 Å². The highest BCUT2D eigenvalue weighted by Gasteiger charge is 2.26. The maximum atomic E-state index is 14.1. The van der Waals surface area contributed by atoms with Crippen molar-refractivity contribution in [3.63, 3.8) is 0 Å². The molecule has 142 valence electrons. The Morgan fingerprint density at radius 3 is 2.04 bits per heavy atom. The summed E-state index contributed by atoms with van der Waals surface area (Å²) in [6.07, 6.45) is 0. The molecule has 0 saturated heterocycles. The molecule has 0 aliphatic carbocycles. The average Bonchev–Trinajstić information content (AvgIpc) is 3.08. The van der Waals surface area contributed by atoms with Crippen LogP contribution in [0.3, 0.4) is 0 Å². The van der Waals surface area contributed by atoms with Gasteiger partial charge in [-0.25, -0.2) is 4.39 Å². The largest absolute Gasteiger partial charge is 0.494 e. The maximum Gasteiger partial charge on any atom is 0.256 e. The van der Waals surface area contributed by atoms with Crippen LogP contribution in [0.1, 0.15) is 0 Å². The molecule has 27 heavy (non-hydrogen) atoms. The van der Waals surface area contributed by atoms with E-state index in [1.807, 2.05) is 0 Å². The molecule has 0 bridgehead atoms. The summed E-state index contributed by atoms with van der Waals surface area (Å²) >= 11 is 0. The lowest BCUT2D eigenvalue weighted by molar-refractivity contribution is -0.793. The Balaban J connectivity index is 2.19. The molecule has 0 aliphatic rings. The topological polar surface area (TPSA) is 89.9 Å². The SMILES string of the molecule is COc1ccc(-c2no[n+]([O-])c2-c2cc(OC)c(OC)c(OC)c2)cc1F. The van der Waals surface area contributed by atoms with E-state index in [1.54, 1.807) is 18.2 Å². The molecule has 0 spiro atoms. The number of nitrogens with zero attached hydrogens (tertiary/aromatic N) is 2. The summed E-state index contributed by atoms with van der Waals surface area (Å²) in [6.45, 7) is 0. The van der Waals surface area contributed by atoms with Crippen LogP contribution in [-0.4, -0.2) is 33.6 Å². The number of hydrogen-bond acceptors (Lipinski definition) is 7. The summed E-state index contributed by atoms with van der Waals surface area (Å²) in [5, 5.41) is 16.0. The van der Waals surface area contributed by atoms with E-state index in [9.17, 15) is 9.60 Å². The molecule has 9 heteroatoms. The second-order valence-corrected chi connectivity index (χ2v) is 5.39. The van der Waals surface area contributed by atoms with Crippen LogP contribution in [0.5, 0.6) is 23.0 Å². The first-order chi connectivity index (χ1) is 13.0. The molecule has 0 unspecified atom stereocenters. The highest BCUT2D eigenvalue weighted by Crippen LogP contribution is 2.42. The molecule has 3 aromatic rings. The normalized spacial score (nSPS) is 10.6. The highest BCUT2D eigenvalue weighted by molar-refractivity contribution is 5.78. The predicted molar refractivity (Wildman–Crippen MR) is 92.5 cm³/mol. The van der Waals surface area contributed by atoms with Gasteiger partial charge in [-0.15, -0.1) is 0 Å². The molecule has 1 heterocycles. The van der Waals surface area contributed by atoms with Gasteiger partial charge in [0.2, 0.25) is 11.4 Å². The van der Waals surface area contributed by atoms with E-state index in [0.29, 0.717) is 28.4 Å². The van der Waals surface area contributed by atoms with Crippen molar-refractivity contribution in [2.45, 2.75) is 0 Å². The minimum Gasteiger partial charge on any atom is -0.494 e. The third kappa shape index (κ3) is 3.19. The molecular weight excluding hydrogens is 359 g/mol. The van der Waals surface area contributed by atoms with Crippen LogP contribution >= 0.6 is 0 Å². The van der Waals surface area contributed by atoms with Crippen LogP contribution in [-0.2, 0) is 0 Å². The quantitative estimate of drug-likeness (QED) is 0.611.